The van der Waals surface area contributed by atoms with Gasteiger partial charge in [-0.1, -0.05) is 6.92 Å². The van der Waals surface area contributed by atoms with Crippen LogP contribution < -0.4 is 5.32 Å². The number of thioether (sulfide) groups is 1. The Morgan fingerprint density at radius 3 is 2.47 bits per heavy atom. The number of alkyl halides is 3. The highest BCUT2D eigenvalue weighted by atomic mass is 32.2. The summed E-state index contributed by atoms with van der Waals surface area (Å²) < 4.78 is 42.2. The summed E-state index contributed by atoms with van der Waals surface area (Å²) in [5.41, 5.74) is 0. The first-order chi connectivity index (χ1) is 7.81. The number of amides is 1. The lowest BCUT2D eigenvalue weighted by Gasteiger charge is -2.20. The van der Waals surface area contributed by atoms with Crippen LogP contribution in [0.25, 0.3) is 0 Å². The maximum atomic E-state index is 12.6. The van der Waals surface area contributed by atoms with Crippen LogP contribution in [0.3, 0.4) is 0 Å². The van der Waals surface area contributed by atoms with E-state index in [4.69, 9.17) is 4.74 Å². The molecule has 0 aromatic carbocycles. The van der Waals surface area contributed by atoms with Gasteiger partial charge in [-0.05, 0) is 37.3 Å². The van der Waals surface area contributed by atoms with Gasteiger partial charge in [-0.3, -0.25) is 4.79 Å². The smallest absolute Gasteiger partial charge is 0.418 e. The summed E-state index contributed by atoms with van der Waals surface area (Å²) in [6.07, 6.45) is -4.03. The first-order valence-electron chi connectivity index (χ1n) is 5.00. The van der Waals surface area contributed by atoms with E-state index in [0.717, 1.165) is 0 Å². The van der Waals surface area contributed by atoms with Gasteiger partial charge in [0, 0.05) is 6.42 Å². The third kappa shape index (κ3) is 7.43. The molecular weight excluding hydrogens is 275 g/mol. The number of thiocarbonyl (C=S) groups is 1. The van der Waals surface area contributed by atoms with Crippen molar-refractivity contribution in [2.24, 2.45) is 0 Å². The lowest BCUT2D eigenvalue weighted by atomic mass is 10.3. The lowest BCUT2D eigenvalue weighted by Crippen LogP contribution is -2.43. The van der Waals surface area contributed by atoms with Gasteiger partial charge in [-0.15, -0.1) is 0 Å². The van der Waals surface area contributed by atoms with Gasteiger partial charge in [-0.2, -0.15) is 13.2 Å². The van der Waals surface area contributed by atoms with Crippen LogP contribution in [0.4, 0.5) is 13.2 Å². The summed E-state index contributed by atoms with van der Waals surface area (Å²) in [6.45, 7) is 3.52. The molecule has 3 nitrogen and oxygen atoms in total. The molecule has 8 heteroatoms. The molecule has 0 radical (unpaired) electrons. The average Bonchev–Trinajstić information content (AvgIpc) is 2.16. The van der Waals surface area contributed by atoms with Crippen molar-refractivity contribution in [1.82, 2.24) is 5.32 Å². The first kappa shape index (κ1) is 16.5. The van der Waals surface area contributed by atoms with Crippen molar-refractivity contribution in [3.63, 3.8) is 0 Å². The molecule has 0 aromatic rings. The third-order valence-electron chi connectivity index (χ3n) is 1.54. The number of nitrogens with one attached hydrogen (secondary N) is 1. The zero-order valence-corrected chi connectivity index (χ0v) is 11.1. The Hall–Kier alpha value is -0.500. The van der Waals surface area contributed by atoms with Crippen molar-refractivity contribution >= 4 is 34.3 Å². The second-order valence-corrected chi connectivity index (χ2v) is 4.75. The Kier molecular flexibility index (Phi) is 7.53. The Bertz CT molecular complexity index is 251. The van der Waals surface area contributed by atoms with Gasteiger partial charge in [0.1, 0.15) is 0 Å². The summed E-state index contributed by atoms with van der Waals surface area (Å²) in [5.74, 6) is -0.651. The van der Waals surface area contributed by atoms with Crippen LogP contribution in [0, 0.1) is 0 Å². The maximum Gasteiger partial charge on any atom is 0.418 e. The van der Waals surface area contributed by atoms with Gasteiger partial charge in [0.15, 0.2) is 5.37 Å². The fourth-order valence-corrected chi connectivity index (χ4v) is 1.98. The highest BCUT2D eigenvalue weighted by Crippen LogP contribution is 2.29. The molecule has 0 fully saturated rings. The number of hydrogen-bond donors (Lipinski definition) is 1. The molecule has 0 aliphatic rings. The van der Waals surface area contributed by atoms with Crippen LogP contribution in [0.15, 0.2) is 0 Å². The Balaban J connectivity index is 4.45. The van der Waals surface area contributed by atoms with E-state index < -0.39 is 17.5 Å². The highest BCUT2D eigenvalue weighted by Gasteiger charge is 2.42. The van der Waals surface area contributed by atoms with Crippen molar-refractivity contribution in [2.45, 2.75) is 38.2 Å². The largest absolute Gasteiger partial charge is 0.479 e. The topological polar surface area (TPSA) is 38.3 Å². The van der Waals surface area contributed by atoms with Gasteiger partial charge in [-0.25, -0.2) is 0 Å². The molecular formula is C9H14F3NO2S2. The van der Waals surface area contributed by atoms with Crippen molar-refractivity contribution in [3.8, 4) is 0 Å². The molecule has 0 aliphatic heterocycles. The van der Waals surface area contributed by atoms with Crippen LogP contribution in [0.5, 0.6) is 0 Å². The molecule has 1 unspecified atom stereocenters. The molecule has 17 heavy (non-hydrogen) atoms. The molecule has 0 spiro atoms. The number of carbonyl (C=O) groups excluding carboxylic acids is 1. The van der Waals surface area contributed by atoms with E-state index in [2.05, 4.69) is 12.2 Å². The van der Waals surface area contributed by atoms with E-state index in [1.807, 2.05) is 5.32 Å². The number of carbonyl (C=O) groups is 1. The van der Waals surface area contributed by atoms with Gasteiger partial charge < -0.3 is 10.1 Å². The summed E-state index contributed by atoms with van der Waals surface area (Å²) >= 11 is 4.89. The number of halogens is 3. The van der Waals surface area contributed by atoms with Gasteiger partial charge in [0.2, 0.25) is 10.3 Å². The van der Waals surface area contributed by atoms with E-state index in [1.54, 1.807) is 13.8 Å². The quantitative estimate of drug-likeness (QED) is 0.624. The minimum Gasteiger partial charge on any atom is -0.479 e. The monoisotopic (exact) mass is 289 g/mol. The number of ether oxygens (including phenoxy) is 1. The third-order valence-corrected chi connectivity index (χ3v) is 2.88. The number of hydrogen-bond acceptors (Lipinski definition) is 4. The molecule has 0 heterocycles. The minimum atomic E-state index is -4.56. The molecule has 0 rings (SSSR count). The van der Waals surface area contributed by atoms with Crippen LogP contribution in [0.1, 0.15) is 26.7 Å². The summed E-state index contributed by atoms with van der Waals surface area (Å²) in [4.78, 5) is 11.1. The molecule has 0 saturated heterocycles. The molecule has 0 aliphatic carbocycles. The minimum absolute atomic E-state index is 0.0501. The normalized spacial score (nSPS) is 13.0. The fourth-order valence-electron chi connectivity index (χ4n) is 0.872. The van der Waals surface area contributed by atoms with Crippen molar-refractivity contribution in [1.29, 1.82) is 0 Å². The summed E-state index contributed by atoms with van der Waals surface area (Å²) in [6, 6.07) is 0. The summed E-state index contributed by atoms with van der Waals surface area (Å²) in [7, 11) is 0. The molecule has 1 N–H and O–H groups in total. The van der Waals surface area contributed by atoms with Crippen molar-refractivity contribution < 1.29 is 22.7 Å². The maximum absolute atomic E-state index is 12.6. The van der Waals surface area contributed by atoms with E-state index in [9.17, 15) is 18.0 Å². The first-order valence-corrected chi connectivity index (χ1v) is 6.29. The zero-order valence-electron chi connectivity index (χ0n) is 9.47. The van der Waals surface area contributed by atoms with E-state index >= 15 is 0 Å². The molecule has 1 amide bonds. The van der Waals surface area contributed by atoms with Crippen LogP contribution in [-0.4, -0.2) is 28.4 Å². The molecule has 0 aromatic heterocycles. The van der Waals surface area contributed by atoms with E-state index in [1.165, 1.54) is 0 Å². The highest BCUT2D eigenvalue weighted by molar-refractivity contribution is 8.23. The van der Waals surface area contributed by atoms with Gasteiger partial charge in [0.05, 0.1) is 6.61 Å². The van der Waals surface area contributed by atoms with Crippen molar-refractivity contribution in [3.05, 3.63) is 0 Å². The Morgan fingerprint density at radius 2 is 2.06 bits per heavy atom. The molecule has 0 saturated carbocycles. The van der Waals surface area contributed by atoms with E-state index in [0.29, 0.717) is 6.42 Å². The molecule has 1 atom stereocenters. The predicted molar refractivity (Wildman–Crippen MR) is 64.7 cm³/mol. The van der Waals surface area contributed by atoms with Gasteiger partial charge in [0.25, 0.3) is 0 Å². The SMILES string of the molecule is CCCC(=O)NC(SC(=S)OCC)C(F)(F)F. The van der Waals surface area contributed by atoms with Crippen molar-refractivity contribution in [2.75, 3.05) is 6.61 Å². The molecule has 100 valence electrons. The zero-order chi connectivity index (χ0) is 13.5. The number of rotatable bonds is 5. The average molecular weight is 289 g/mol. The second kappa shape index (κ2) is 7.75. The molecule has 0 bridgehead atoms. The Labute approximate surface area is 107 Å². The predicted octanol–water partition coefficient (Wildman–Crippen LogP) is 2.85. The lowest BCUT2D eigenvalue weighted by molar-refractivity contribution is -0.144. The van der Waals surface area contributed by atoms with Crippen LogP contribution in [0.2, 0.25) is 0 Å². The van der Waals surface area contributed by atoms with Crippen LogP contribution in [-0.2, 0) is 9.53 Å². The summed E-state index contributed by atoms with van der Waals surface area (Å²) in [5, 5.41) is -0.176. The fraction of sp³-hybridized carbons (Fsp3) is 0.778. The van der Waals surface area contributed by atoms with Crippen LogP contribution >= 0.6 is 24.0 Å². The standard InChI is InChI=1S/C9H14F3NO2S2/c1-3-5-6(14)13-7(9(10,11)12)17-8(16)15-4-2/h7H,3-5H2,1-2H3,(H,13,14). The second-order valence-electron chi connectivity index (χ2n) is 3.04. The van der Waals surface area contributed by atoms with Gasteiger partial charge >= 0.3 is 6.18 Å². The Morgan fingerprint density at radius 1 is 1.47 bits per heavy atom. The van der Waals surface area contributed by atoms with E-state index in [-0.39, 0.29) is 29.2 Å².